The number of rotatable bonds is 2. The van der Waals surface area contributed by atoms with Crippen LogP contribution in [0.15, 0.2) is 18.5 Å². The maximum absolute atomic E-state index is 13.4. The van der Waals surface area contributed by atoms with Crippen LogP contribution >= 0.6 is 0 Å². The molecule has 0 spiro atoms. The van der Waals surface area contributed by atoms with Gasteiger partial charge in [0.05, 0.1) is 12.1 Å². The van der Waals surface area contributed by atoms with Gasteiger partial charge in [0, 0.05) is 38.1 Å². The highest BCUT2D eigenvalue weighted by molar-refractivity contribution is 5.94. The molecule has 2 heterocycles. The quantitative estimate of drug-likeness (QED) is 0.852. The van der Waals surface area contributed by atoms with Crippen LogP contribution in [0, 0.1) is 6.92 Å². The van der Waals surface area contributed by atoms with Gasteiger partial charge in [-0.3, -0.25) is 0 Å². The van der Waals surface area contributed by atoms with Crippen LogP contribution in [-0.2, 0) is 0 Å². The van der Waals surface area contributed by atoms with Crippen LogP contribution in [0.2, 0.25) is 0 Å². The van der Waals surface area contributed by atoms with E-state index in [-0.39, 0.29) is 13.0 Å². The van der Waals surface area contributed by atoms with Crippen molar-refractivity contribution in [2.45, 2.75) is 19.3 Å². The molecule has 0 aliphatic carbocycles. The highest BCUT2D eigenvalue weighted by Crippen LogP contribution is 2.34. The number of alkyl halides is 2. The van der Waals surface area contributed by atoms with Crippen molar-refractivity contribution in [2.75, 3.05) is 37.0 Å². The second-order valence-electron chi connectivity index (χ2n) is 5.78. The van der Waals surface area contributed by atoms with Crippen LogP contribution in [0.25, 0.3) is 10.9 Å². The lowest BCUT2D eigenvalue weighted by Gasteiger charge is -2.21. The summed E-state index contributed by atoms with van der Waals surface area (Å²) in [5.74, 6) is -1.80. The standard InChI is InChI=1S/C15H18F2N4/c1-10-6-11(21-5-4-15(16,17)8-21)7-12-13(10)18-9-19-14(12)20(2)3/h6-7,9H,4-5,8H2,1-3H3. The number of nitrogens with zero attached hydrogens (tertiary/aromatic N) is 4. The van der Waals surface area contributed by atoms with E-state index < -0.39 is 5.92 Å². The molecule has 0 unspecified atom stereocenters. The predicted octanol–water partition coefficient (Wildman–Crippen LogP) is 2.85. The number of hydrogen-bond donors (Lipinski definition) is 0. The van der Waals surface area contributed by atoms with Gasteiger partial charge < -0.3 is 9.80 Å². The normalized spacial score (nSPS) is 17.5. The Kier molecular flexibility index (Phi) is 3.19. The highest BCUT2D eigenvalue weighted by Gasteiger charge is 2.38. The molecule has 6 heteroatoms. The number of fused-ring (bicyclic) bond motifs is 1. The summed E-state index contributed by atoms with van der Waals surface area (Å²) in [5.41, 5.74) is 2.65. The molecule has 21 heavy (non-hydrogen) atoms. The van der Waals surface area contributed by atoms with Gasteiger partial charge >= 0.3 is 0 Å². The lowest BCUT2D eigenvalue weighted by Crippen LogP contribution is -2.25. The molecule has 1 aromatic carbocycles. The molecule has 0 saturated carbocycles. The van der Waals surface area contributed by atoms with E-state index >= 15 is 0 Å². The third kappa shape index (κ3) is 2.50. The van der Waals surface area contributed by atoms with E-state index in [4.69, 9.17) is 0 Å². The van der Waals surface area contributed by atoms with Gasteiger partial charge in [-0.05, 0) is 24.6 Å². The molecular formula is C15H18F2N4. The van der Waals surface area contributed by atoms with Gasteiger partial charge in [0.1, 0.15) is 12.1 Å². The minimum atomic E-state index is -2.60. The van der Waals surface area contributed by atoms with E-state index in [0.29, 0.717) is 6.54 Å². The lowest BCUT2D eigenvalue weighted by molar-refractivity contribution is 0.0257. The Labute approximate surface area is 122 Å². The highest BCUT2D eigenvalue weighted by atomic mass is 19.3. The van der Waals surface area contributed by atoms with Gasteiger partial charge in [-0.2, -0.15) is 0 Å². The summed E-state index contributed by atoms with van der Waals surface area (Å²) in [5, 5.41) is 0.896. The van der Waals surface area contributed by atoms with Crippen LogP contribution in [-0.4, -0.2) is 43.1 Å². The zero-order valence-corrected chi connectivity index (χ0v) is 12.4. The zero-order valence-electron chi connectivity index (χ0n) is 12.4. The number of hydrogen-bond acceptors (Lipinski definition) is 4. The van der Waals surface area contributed by atoms with E-state index in [1.54, 1.807) is 4.90 Å². The van der Waals surface area contributed by atoms with Crippen LogP contribution in [0.3, 0.4) is 0 Å². The molecule has 4 nitrogen and oxygen atoms in total. The third-order valence-electron chi connectivity index (χ3n) is 3.85. The van der Waals surface area contributed by atoms with Crippen molar-refractivity contribution in [1.82, 2.24) is 9.97 Å². The van der Waals surface area contributed by atoms with Crippen molar-refractivity contribution in [2.24, 2.45) is 0 Å². The molecule has 1 aliphatic heterocycles. The summed E-state index contributed by atoms with van der Waals surface area (Å²) in [6.07, 6.45) is 1.45. The number of anilines is 2. The van der Waals surface area contributed by atoms with Gasteiger partial charge in [0.15, 0.2) is 0 Å². The Bertz CT molecular complexity index is 685. The minimum absolute atomic E-state index is 0.0874. The molecule has 1 fully saturated rings. The molecule has 3 rings (SSSR count). The first-order chi connectivity index (χ1) is 9.87. The topological polar surface area (TPSA) is 32.3 Å². The van der Waals surface area contributed by atoms with Crippen LogP contribution in [0.5, 0.6) is 0 Å². The largest absolute Gasteiger partial charge is 0.365 e. The second kappa shape index (κ2) is 4.79. The number of benzene rings is 1. The van der Waals surface area contributed by atoms with Crippen molar-refractivity contribution in [3.8, 4) is 0 Å². The summed E-state index contributed by atoms with van der Waals surface area (Å²) in [6, 6.07) is 3.84. The van der Waals surface area contributed by atoms with Crippen LogP contribution in [0.1, 0.15) is 12.0 Å². The van der Waals surface area contributed by atoms with E-state index in [1.165, 1.54) is 6.33 Å². The average molecular weight is 292 g/mol. The Morgan fingerprint density at radius 1 is 1.24 bits per heavy atom. The fourth-order valence-electron chi connectivity index (χ4n) is 2.81. The molecule has 0 N–H and O–H groups in total. The Morgan fingerprint density at radius 2 is 2.00 bits per heavy atom. The van der Waals surface area contributed by atoms with Gasteiger partial charge in [-0.15, -0.1) is 0 Å². The number of aryl methyl sites for hydroxylation is 1. The average Bonchev–Trinajstić information content (AvgIpc) is 2.78. The summed E-state index contributed by atoms with van der Waals surface area (Å²) in [6.45, 7) is 2.11. The zero-order chi connectivity index (χ0) is 15.2. The molecule has 0 amide bonds. The molecule has 1 saturated heterocycles. The monoisotopic (exact) mass is 292 g/mol. The second-order valence-corrected chi connectivity index (χ2v) is 5.78. The maximum atomic E-state index is 13.4. The molecule has 0 bridgehead atoms. The minimum Gasteiger partial charge on any atom is -0.365 e. The third-order valence-corrected chi connectivity index (χ3v) is 3.85. The van der Waals surface area contributed by atoms with Crippen molar-refractivity contribution in [1.29, 1.82) is 0 Å². The van der Waals surface area contributed by atoms with Gasteiger partial charge in [0.25, 0.3) is 5.92 Å². The number of halogens is 2. The first kappa shape index (κ1) is 14.0. The first-order valence-corrected chi connectivity index (χ1v) is 6.93. The fraction of sp³-hybridized carbons (Fsp3) is 0.467. The SMILES string of the molecule is Cc1cc(N2CCC(F)(F)C2)cc2c(N(C)C)ncnc12. The molecule has 2 aromatic rings. The molecule has 1 aromatic heterocycles. The Hall–Kier alpha value is -1.98. The van der Waals surface area contributed by atoms with Crippen molar-refractivity contribution in [3.05, 3.63) is 24.0 Å². The summed E-state index contributed by atoms with van der Waals surface area (Å²) in [4.78, 5) is 12.3. The predicted molar refractivity (Wildman–Crippen MR) is 80.4 cm³/mol. The first-order valence-electron chi connectivity index (χ1n) is 6.93. The summed E-state index contributed by atoms with van der Waals surface area (Å²) < 4.78 is 26.9. The van der Waals surface area contributed by atoms with Crippen molar-refractivity contribution < 1.29 is 8.78 Å². The summed E-state index contributed by atoms with van der Waals surface area (Å²) >= 11 is 0. The molecule has 112 valence electrons. The van der Waals surface area contributed by atoms with E-state index in [1.807, 2.05) is 38.1 Å². The molecule has 0 radical (unpaired) electrons. The van der Waals surface area contributed by atoms with Gasteiger partial charge in [-0.25, -0.2) is 18.7 Å². The summed E-state index contributed by atoms with van der Waals surface area (Å²) in [7, 11) is 3.82. The fourth-order valence-corrected chi connectivity index (χ4v) is 2.81. The Morgan fingerprint density at radius 3 is 2.62 bits per heavy atom. The molecule has 1 aliphatic rings. The molecular weight excluding hydrogens is 274 g/mol. The molecule has 0 atom stereocenters. The lowest BCUT2D eigenvalue weighted by atomic mass is 10.1. The van der Waals surface area contributed by atoms with E-state index in [9.17, 15) is 8.78 Å². The van der Waals surface area contributed by atoms with Crippen molar-refractivity contribution in [3.63, 3.8) is 0 Å². The smallest absolute Gasteiger partial charge is 0.266 e. The maximum Gasteiger partial charge on any atom is 0.266 e. The van der Waals surface area contributed by atoms with Crippen LogP contribution in [0.4, 0.5) is 20.3 Å². The van der Waals surface area contributed by atoms with Crippen LogP contribution < -0.4 is 9.80 Å². The van der Waals surface area contributed by atoms with E-state index in [0.717, 1.165) is 28.0 Å². The van der Waals surface area contributed by atoms with Crippen molar-refractivity contribution >= 4 is 22.4 Å². The van der Waals surface area contributed by atoms with Gasteiger partial charge in [0.2, 0.25) is 0 Å². The number of aromatic nitrogens is 2. The Balaban J connectivity index is 2.12. The van der Waals surface area contributed by atoms with Gasteiger partial charge in [-0.1, -0.05) is 0 Å². The van der Waals surface area contributed by atoms with E-state index in [2.05, 4.69) is 9.97 Å².